The van der Waals surface area contributed by atoms with Gasteiger partial charge in [0.25, 0.3) is 10.0 Å². The van der Waals surface area contributed by atoms with Crippen molar-refractivity contribution in [2.75, 3.05) is 11.4 Å². The second-order valence-electron chi connectivity index (χ2n) is 6.71. The van der Waals surface area contributed by atoms with Crippen LogP contribution in [0.4, 0.5) is 14.6 Å². The third-order valence-electron chi connectivity index (χ3n) is 4.91. The Morgan fingerprint density at radius 3 is 2.71 bits per heavy atom. The van der Waals surface area contributed by atoms with E-state index in [0.29, 0.717) is 19.4 Å². The first-order valence-corrected chi connectivity index (χ1v) is 10.2. The van der Waals surface area contributed by atoms with Gasteiger partial charge in [0, 0.05) is 18.2 Å². The molecule has 1 aliphatic rings. The Morgan fingerprint density at radius 2 is 2.00 bits per heavy atom. The molecule has 3 aromatic rings. The van der Waals surface area contributed by atoms with Gasteiger partial charge in [0.05, 0.1) is 12.2 Å². The average Bonchev–Trinajstić information content (AvgIpc) is 3.36. The van der Waals surface area contributed by atoms with Gasteiger partial charge >= 0.3 is 0 Å². The van der Waals surface area contributed by atoms with E-state index in [1.807, 2.05) is 0 Å². The van der Waals surface area contributed by atoms with Gasteiger partial charge in [-0.3, -0.25) is 0 Å². The van der Waals surface area contributed by atoms with Crippen LogP contribution in [0.5, 0.6) is 0 Å². The van der Waals surface area contributed by atoms with Crippen LogP contribution < -0.4 is 4.90 Å². The summed E-state index contributed by atoms with van der Waals surface area (Å²) in [5.41, 5.74) is 0.424. The summed E-state index contributed by atoms with van der Waals surface area (Å²) in [5.74, 6) is -0.627. The van der Waals surface area contributed by atoms with Gasteiger partial charge in [-0.25, -0.2) is 8.78 Å². The molecule has 0 aliphatic carbocycles. The quantitative estimate of drug-likeness (QED) is 0.659. The molecule has 1 atom stereocenters. The molecule has 10 heteroatoms. The predicted octanol–water partition coefficient (Wildman–Crippen LogP) is 3.34. The number of halogens is 2. The Bertz CT molecular complexity index is 1120. The van der Waals surface area contributed by atoms with Crippen molar-refractivity contribution >= 4 is 15.8 Å². The minimum Gasteiger partial charge on any atom is -0.360 e. The number of hydrogen-bond donors (Lipinski definition) is 0. The standard InChI is InChI=1S/C18H18F2N4O3S/c1-11-18(12(2)27-22-11)28(25,26)24-17(7-8-21-24)23-9-3-4-16(23)14-10-13(19)5-6-15(14)20/h5-8,10,16H,3-4,9H2,1-2H3/t16-/m1/s1. The molecule has 2 aromatic heterocycles. The summed E-state index contributed by atoms with van der Waals surface area (Å²) >= 11 is 0. The molecule has 1 fully saturated rings. The zero-order valence-electron chi connectivity index (χ0n) is 15.3. The normalized spacial score (nSPS) is 17.4. The van der Waals surface area contributed by atoms with Crippen molar-refractivity contribution in [3.63, 3.8) is 0 Å². The maximum atomic E-state index is 14.3. The molecular formula is C18H18F2N4O3S. The van der Waals surface area contributed by atoms with Gasteiger partial charge in [0.1, 0.15) is 23.1 Å². The fraction of sp³-hybridized carbons (Fsp3) is 0.333. The molecule has 4 rings (SSSR count). The highest BCUT2D eigenvalue weighted by atomic mass is 32.2. The molecule has 0 spiro atoms. The zero-order valence-corrected chi connectivity index (χ0v) is 16.1. The maximum absolute atomic E-state index is 14.3. The summed E-state index contributed by atoms with van der Waals surface area (Å²) in [7, 11) is -4.07. The number of aromatic nitrogens is 3. The van der Waals surface area contributed by atoms with Gasteiger partial charge in [0.2, 0.25) is 0 Å². The third kappa shape index (κ3) is 2.88. The number of aryl methyl sites for hydroxylation is 2. The molecule has 7 nitrogen and oxygen atoms in total. The van der Waals surface area contributed by atoms with E-state index < -0.39 is 27.7 Å². The lowest BCUT2D eigenvalue weighted by Gasteiger charge is -2.27. The molecule has 1 saturated heterocycles. The van der Waals surface area contributed by atoms with E-state index in [4.69, 9.17) is 4.52 Å². The first-order valence-electron chi connectivity index (χ1n) is 8.75. The Balaban J connectivity index is 1.80. The Labute approximate surface area is 160 Å². The maximum Gasteiger partial charge on any atom is 0.290 e. The molecule has 3 heterocycles. The lowest BCUT2D eigenvalue weighted by molar-refractivity contribution is 0.390. The minimum atomic E-state index is -4.07. The highest BCUT2D eigenvalue weighted by Gasteiger charge is 2.35. The van der Waals surface area contributed by atoms with E-state index in [-0.39, 0.29) is 27.7 Å². The Hall–Kier alpha value is -2.75. The van der Waals surface area contributed by atoms with Gasteiger partial charge in [-0.2, -0.15) is 13.5 Å². The minimum absolute atomic E-state index is 0.0508. The van der Waals surface area contributed by atoms with E-state index in [1.54, 1.807) is 11.0 Å². The molecule has 148 valence electrons. The molecule has 0 N–H and O–H groups in total. The van der Waals surface area contributed by atoms with E-state index in [9.17, 15) is 17.2 Å². The van der Waals surface area contributed by atoms with Crippen LogP contribution >= 0.6 is 0 Å². The van der Waals surface area contributed by atoms with Gasteiger partial charge in [-0.15, -0.1) is 4.09 Å². The smallest absolute Gasteiger partial charge is 0.290 e. The molecule has 28 heavy (non-hydrogen) atoms. The van der Waals surface area contributed by atoms with Gasteiger partial charge in [0.15, 0.2) is 10.7 Å². The van der Waals surface area contributed by atoms with Crippen LogP contribution in [0.2, 0.25) is 0 Å². The number of rotatable bonds is 4. The summed E-state index contributed by atoms with van der Waals surface area (Å²) in [6, 6.07) is 4.35. The van der Waals surface area contributed by atoms with Crippen LogP contribution in [0.3, 0.4) is 0 Å². The van der Waals surface area contributed by atoms with Crippen molar-refractivity contribution in [3.8, 4) is 0 Å². The van der Waals surface area contributed by atoms with Crippen LogP contribution in [0, 0.1) is 25.5 Å². The third-order valence-corrected chi connectivity index (χ3v) is 6.74. The number of benzene rings is 1. The predicted molar refractivity (Wildman–Crippen MR) is 96.5 cm³/mol. The first-order chi connectivity index (χ1) is 13.3. The molecule has 1 aromatic carbocycles. The summed E-state index contributed by atoms with van der Waals surface area (Å²) < 4.78 is 60.3. The highest BCUT2D eigenvalue weighted by Crippen LogP contribution is 2.38. The molecule has 1 aliphatic heterocycles. The van der Waals surface area contributed by atoms with Crippen LogP contribution in [0.25, 0.3) is 0 Å². The van der Waals surface area contributed by atoms with Crippen LogP contribution in [0.1, 0.15) is 35.9 Å². The van der Waals surface area contributed by atoms with Crippen LogP contribution in [-0.2, 0) is 10.0 Å². The Morgan fingerprint density at radius 1 is 1.21 bits per heavy atom. The van der Waals surface area contributed by atoms with E-state index in [1.165, 1.54) is 20.0 Å². The molecule has 0 amide bonds. The van der Waals surface area contributed by atoms with Crippen LogP contribution in [0.15, 0.2) is 39.9 Å². The van der Waals surface area contributed by atoms with Crippen molar-refractivity contribution < 1.29 is 21.7 Å². The fourth-order valence-electron chi connectivity index (χ4n) is 3.74. The number of anilines is 1. The van der Waals surface area contributed by atoms with E-state index in [2.05, 4.69) is 10.3 Å². The molecule has 0 unspecified atom stereocenters. The summed E-state index contributed by atoms with van der Waals surface area (Å²) in [6.45, 7) is 3.54. The zero-order chi connectivity index (χ0) is 20.1. The number of nitrogens with zero attached hydrogens (tertiary/aromatic N) is 4. The van der Waals surface area contributed by atoms with Crippen molar-refractivity contribution in [2.45, 2.75) is 37.6 Å². The van der Waals surface area contributed by atoms with Gasteiger partial charge in [-0.05, 0) is 44.9 Å². The number of hydrogen-bond acceptors (Lipinski definition) is 6. The lowest BCUT2D eigenvalue weighted by atomic mass is 10.0. The van der Waals surface area contributed by atoms with Crippen LogP contribution in [-0.4, -0.2) is 29.3 Å². The SMILES string of the molecule is Cc1noc(C)c1S(=O)(=O)n1nccc1N1CCC[C@@H]1c1cc(F)ccc1F. The average molecular weight is 408 g/mol. The summed E-state index contributed by atoms with van der Waals surface area (Å²) in [5, 5.41) is 7.69. The molecule has 0 bridgehead atoms. The van der Waals surface area contributed by atoms with Crippen molar-refractivity contribution in [1.29, 1.82) is 0 Å². The second-order valence-corrected chi connectivity index (χ2v) is 8.41. The van der Waals surface area contributed by atoms with E-state index >= 15 is 0 Å². The molecular weight excluding hydrogens is 390 g/mol. The van der Waals surface area contributed by atoms with Crippen molar-refractivity contribution in [3.05, 3.63) is 59.1 Å². The summed E-state index contributed by atoms with van der Waals surface area (Å²) in [6.07, 6.45) is 2.64. The topological polar surface area (TPSA) is 81.2 Å². The Kier molecular flexibility index (Phi) is 4.45. The van der Waals surface area contributed by atoms with Crippen molar-refractivity contribution in [1.82, 2.24) is 14.3 Å². The fourth-order valence-corrected chi connectivity index (χ4v) is 5.31. The summed E-state index contributed by atoms with van der Waals surface area (Å²) in [4.78, 5) is 1.69. The van der Waals surface area contributed by atoms with Gasteiger partial charge < -0.3 is 9.42 Å². The first kappa shape index (κ1) is 18.6. The molecule has 0 saturated carbocycles. The van der Waals surface area contributed by atoms with Gasteiger partial charge in [-0.1, -0.05) is 5.16 Å². The lowest BCUT2D eigenvalue weighted by Crippen LogP contribution is -2.28. The molecule has 0 radical (unpaired) electrons. The second kappa shape index (κ2) is 6.69. The van der Waals surface area contributed by atoms with Crippen molar-refractivity contribution in [2.24, 2.45) is 0 Å². The largest absolute Gasteiger partial charge is 0.360 e. The highest BCUT2D eigenvalue weighted by molar-refractivity contribution is 7.90. The van der Waals surface area contributed by atoms with E-state index in [0.717, 1.165) is 22.3 Å². The monoisotopic (exact) mass is 408 g/mol.